The fourth-order valence-electron chi connectivity index (χ4n) is 3.86. The monoisotopic (exact) mass is 396 g/mol. The lowest BCUT2D eigenvalue weighted by atomic mass is 10.1. The molecule has 1 fully saturated rings. The molecule has 8 heteroatoms. The average Bonchev–Trinajstić information content (AvgIpc) is 3.34. The number of nitrogens with one attached hydrogen (secondary N) is 2. The fraction of sp³-hybridized carbons (Fsp3) is 0.250. The number of aromatic amines is 1. The summed E-state index contributed by atoms with van der Waals surface area (Å²) >= 11 is 6.06. The van der Waals surface area contributed by atoms with Crippen LogP contribution in [0.25, 0.3) is 27.8 Å². The van der Waals surface area contributed by atoms with Crippen LogP contribution in [0.3, 0.4) is 0 Å². The number of aromatic nitrogens is 4. The minimum Gasteiger partial charge on any atom is -0.390 e. The maximum absolute atomic E-state index is 10.1. The Balaban J connectivity index is 1.47. The standard InChI is InChI=1S/C20H19ClN5O2/c1-10-6-16(20(28)19(10)27)23-17-4-5-26-18(24-17)8-15(25-26)13-9-22-14-7-11(21)2-3-12(13)14/h2-5,7-10,16,19-20,22,27-28H,1,6H2,(H,23,24)/t10-,16-,19-,20+/m1/s1. The van der Waals surface area contributed by atoms with Gasteiger partial charge in [-0.05, 0) is 37.5 Å². The molecule has 4 N–H and O–H groups in total. The zero-order valence-electron chi connectivity index (χ0n) is 14.9. The van der Waals surface area contributed by atoms with E-state index in [2.05, 4.69) is 27.3 Å². The van der Waals surface area contributed by atoms with Crippen LogP contribution in [0.15, 0.2) is 42.7 Å². The first-order valence-electron chi connectivity index (χ1n) is 9.09. The Kier molecular flexibility index (Phi) is 4.04. The van der Waals surface area contributed by atoms with Crippen molar-refractivity contribution in [2.45, 2.75) is 24.7 Å². The maximum atomic E-state index is 10.1. The van der Waals surface area contributed by atoms with Crippen LogP contribution in [0.1, 0.15) is 6.42 Å². The van der Waals surface area contributed by atoms with E-state index in [-0.39, 0.29) is 12.0 Å². The average molecular weight is 397 g/mol. The van der Waals surface area contributed by atoms with Crippen LogP contribution in [-0.4, -0.2) is 48.0 Å². The second-order valence-electron chi connectivity index (χ2n) is 7.27. The largest absolute Gasteiger partial charge is 0.390 e. The van der Waals surface area contributed by atoms with Gasteiger partial charge in [0.15, 0.2) is 5.65 Å². The molecule has 0 spiro atoms. The molecule has 1 aromatic carbocycles. The highest BCUT2D eigenvalue weighted by atomic mass is 35.5. The molecule has 1 aliphatic carbocycles. The van der Waals surface area contributed by atoms with Crippen molar-refractivity contribution < 1.29 is 10.2 Å². The fourth-order valence-corrected chi connectivity index (χ4v) is 4.03. The third-order valence-corrected chi connectivity index (χ3v) is 5.61. The predicted molar refractivity (Wildman–Crippen MR) is 108 cm³/mol. The van der Waals surface area contributed by atoms with Crippen LogP contribution >= 0.6 is 11.6 Å². The van der Waals surface area contributed by atoms with E-state index < -0.39 is 12.2 Å². The summed E-state index contributed by atoms with van der Waals surface area (Å²) in [4.78, 5) is 7.81. The lowest BCUT2D eigenvalue weighted by Gasteiger charge is -2.18. The summed E-state index contributed by atoms with van der Waals surface area (Å²) < 4.78 is 1.71. The maximum Gasteiger partial charge on any atom is 0.157 e. The van der Waals surface area contributed by atoms with Crippen LogP contribution in [0.4, 0.5) is 5.82 Å². The van der Waals surface area contributed by atoms with Gasteiger partial charge in [0, 0.05) is 39.9 Å². The van der Waals surface area contributed by atoms with Gasteiger partial charge in [-0.25, -0.2) is 9.50 Å². The van der Waals surface area contributed by atoms with Crippen molar-refractivity contribution in [2.75, 3.05) is 5.32 Å². The van der Waals surface area contributed by atoms with Crippen molar-refractivity contribution in [3.05, 3.63) is 54.7 Å². The Morgan fingerprint density at radius 1 is 1.21 bits per heavy atom. The van der Waals surface area contributed by atoms with E-state index in [1.54, 1.807) is 10.6 Å². The van der Waals surface area contributed by atoms with E-state index in [1.807, 2.05) is 36.7 Å². The number of rotatable bonds is 3. The van der Waals surface area contributed by atoms with Gasteiger partial charge in [0.05, 0.1) is 17.8 Å². The number of aliphatic hydroxyl groups is 2. The Morgan fingerprint density at radius 2 is 2.07 bits per heavy atom. The zero-order valence-corrected chi connectivity index (χ0v) is 15.6. The molecule has 0 bridgehead atoms. The van der Waals surface area contributed by atoms with E-state index in [1.165, 1.54) is 0 Å². The van der Waals surface area contributed by atoms with Crippen LogP contribution in [0.5, 0.6) is 0 Å². The van der Waals surface area contributed by atoms with Crippen LogP contribution < -0.4 is 5.32 Å². The van der Waals surface area contributed by atoms with Gasteiger partial charge in [-0.1, -0.05) is 17.7 Å². The molecular weight excluding hydrogens is 378 g/mol. The molecule has 0 aliphatic heterocycles. The molecule has 5 rings (SSSR count). The molecule has 1 aliphatic rings. The number of anilines is 1. The number of fused-ring (bicyclic) bond motifs is 2. The van der Waals surface area contributed by atoms with Gasteiger partial charge in [0.25, 0.3) is 0 Å². The Hall–Kier alpha value is -2.61. The molecule has 7 nitrogen and oxygen atoms in total. The van der Waals surface area contributed by atoms with Crippen molar-refractivity contribution >= 4 is 34.0 Å². The van der Waals surface area contributed by atoms with E-state index in [0.29, 0.717) is 22.9 Å². The third-order valence-electron chi connectivity index (χ3n) is 5.38. The second kappa shape index (κ2) is 6.48. The Morgan fingerprint density at radius 3 is 2.86 bits per heavy atom. The van der Waals surface area contributed by atoms with E-state index in [9.17, 15) is 10.2 Å². The number of halogens is 1. The van der Waals surface area contributed by atoms with Gasteiger partial charge in [0.2, 0.25) is 0 Å². The zero-order chi connectivity index (χ0) is 19.4. The van der Waals surface area contributed by atoms with Crippen molar-refractivity contribution in [1.29, 1.82) is 0 Å². The molecule has 1 saturated carbocycles. The van der Waals surface area contributed by atoms with Crippen LogP contribution in [0.2, 0.25) is 5.02 Å². The summed E-state index contributed by atoms with van der Waals surface area (Å²) in [5, 5.41) is 29.6. The normalized spacial score (nSPS) is 25.0. The highest BCUT2D eigenvalue weighted by Crippen LogP contribution is 2.31. The summed E-state index contributed by atoms with van der Waals surface area (Å²) in [5.74, 6) is 0.420. The van der Waals surface area contributed by atoms with Crippen LogP contribution in [-0.2, 0) is 0 Å². The predicted octanol–water partition coefficient (Wildman–Crippen LogP) is 2.89. The van der Waals surface area contributed by atoms with Crippen molar-refractivity contribution in [3.63, 3.8) is 0 Å². The van der Waals surface area contributed by atoms with Crippen molar-refractivity contribution in [3.8, 4) is 11.3 Å². The van der Waals surface area contributed by atoms with Crippen LogP contribution in [0, 0.1) is 12.8 Å². The van der Waals surface area contributed by atoms with Gasteiger partial charge in [-0.3, -0.25) is 0 Å². The lowest BCUT2D eigenvalue weighted by Crippen LogP contribution is -2.35. The number of H-pyrrole nitrogens is 1. The third kappa shape index (κ3) is 2.83. The van der Waals surface area contributed by atoms with Gasteiger partial charge >= 0.3 is 0 Å². The SMILES string of the molecule is [CH2][C@@H]1C[C@@H](Nc2ccn3nc(-c4c[nH]c5cc(Cl)ccc45)cc3n2)[C@H](O)[C@@H]1O. The second-order valence-corrected chi connectivity index (χ2v) is 7.70. The first-order valence-corrected chi connectivity index (χ1v) is 9.46. The first kappa shape index (κ1) is 17.5. The van der Waals surface area contributed by atoms with Gasteiger partial charge < -0.3 is 20.5 Å². The molecule has 3 heterocycles. The number of nitrogens with zero attached hydrogens (tertiary/aromatic N) is 3. The molecular formula is C20H19ClN5O2. The van der Waals surface area contributed by atoms with E-state index in [4.69, 9.17) is 11.6 Å². The molecule has 4 atom stereocenters. The van der Waals surface area contributed by atoms with Gasteiger partial charge in [0.1, 0.15) is 11.9 Å². The summed E-state index contributed by atoms with van der Waals surface area (Å²) in [6.07, 6.45) is 2.63. The highest BCUT2D eigenvalue weighted by Gasteiger charge is 2.39. The van der Waals surface area contributed by atoms with E-state index >= 15 is 0 Å². The van der Waals surface area contributed by atoms with Gasteiger partial charge in [-0.2, -0.15) is 5.10 Å². The topological polar surface area (TPSA) is 98.5 Å². The molecule has 28 heavy (non-hydrogen) atoms. The molecule has 0 saturated heterocycles. The molecule has 1 radical (unpaired) electrons. The van der Waals surface area contributed by atoms with Crippen molar-refractivity contribution in [1.82, 2.24) is 19.6 Å². The number of hydrogen-bond acceptors (Lipinski definition) is 5. The molecule has 3 aromatic heterocycles. The first-order chi connectivity index (χ1) is 13.5. The minimum absolute atomic E-state index is 0.201. The Bertz CT molecular complexity index is 1170. The molecule has 0 amide bonds. The van der Waals surface area contributed by atoms with E-state index in [0.717, 1.165) is 22.2 Å². The molecule has 143 valence electrons. The molecule has 0 unspecified atom stereocenters. The smallest absolute Gasteiger partial charge is 0.157 e. The number of benzene rings is 1. The number of aliphatic hydroxyl groups excluding tert-OH is 2. The molecule has 4 aromatic rings. The summed E-state index contributed by atoms with van der Waals surface area (Å²) in [6.45, 7) is 3.88. The summed E-state index contributed by atoms with van der Waals surface area (Å²) in [5.41, 5.74) is 3.40. The number of hydrogen-bond donors (Lipinski definition) is 4. The Labute approximate surface area is 166 Å². The quantitative estimate of drug-likeness (QED) is 0.427. The lowest BCUT2D eigenvalue weighted by molar-refractivity contribution is 0.0256. The summed E-state index contributed by atoms with van der Waals surface area (Å²) in [7, 11) is 0. The summed E-state index contributed by atoms with van der Waals surface area (Å²) in [6, 6.07) is 9.13. The highest BCUT2D eigenvalue weighted by molar-refractivity contribution is 6.31. The minimum atomic E-state index is -0.862. The van der Waals surface area contributed by atoms with Gasteiger partial charge in [-0.15, -0.1) is 0 Å². The van der Waals surface area contributed by atoms with Crippen molar-refractivity contribution in [2.24, 2.45) is 5.92 Å².